The molecule has 2 rings (SSSR count). The molecule has 1 aliphatic rings. The Bertz CT molecular complexity index is 831. The molecule has 2 N–H and O–H groups in total. The molecule has 0 aromatic carbocycles. The van der Waals surface area contributed by atoms with E-state index in [2.05, 4.69) is 4.98 Å². The molecule has 1 aromatic rings. The van der Waals surface area contributed by atoms with E-state index in [0.29, 0.717) is 6.61 Å². The lowest BCUT2D eigenvalue weighted by atomic mass is 10.1. The summed E-state index contributed by atoms with van der Waals surface area (Å²) in [5, 5.41) is 10.6. The first-order valence-corrected chi connectivity index (χ1v) is 9.24. The van der Waals surface area contributed by atoms with Crippen LogP contribution in [0, 0.1) is 6.92 Å². The summed E-state index contributed by atoms with van der Waals surface area (Å²) in [6, 6.07) is 0. The van der Waals surface area contributed by atoms with E-state index in [0.717, 1.165) is 4.57 Å². The van der Waals surface area contributed by atoms with Crippen molar-refractivity contribution in [1.82, 2.24) is 9.55 Å². The number of esters is 1. The Hall–Kier alpha value is -2.34. The molecule has 11 nitrogen and oxygen atoms in total. The van der Waals surface area contributed by atoms with E-state index < -0.39 is 41.8 Å². The SMILES string of the molecule is CCOCO[C@@H]1[C@H](O)[C@@H](COC(=O)CCC(C)=O)O[C@H]1n1cc(C)c(=O)[nH]c1=O. The monoisotopic (exact) mass is 414 g/mol. The standard InChI is InChI=1S/C18H26N2O9/c1-4-26-9-28-15-14(23)12(8-27-13(22)6-5-11(3)21)29-17(15)20-7-10(2)16(24)19-18(20)25/h7,12,14-15,17,23H,4-6,8-9H2,1-3H3,(H,19,24,25)/t12-,14-,15-,17-/m1/s1. The average Bonchev–Trinajstić information content (AvgIpc) is 2.97. The van der Waals surface area contributed by atoms with E-state index in [1.165, 1.54) is 20.0 Å². The van der Waals surface area contributed by atoms with Gasteiger partial charge in [0.15, 0.2) is 6.23 Å². The van der Waals surface area contributed by atoms with Crippen LogP contribution in [0.25, 0.3) is 0 Å². The van der Waals surface area contributed by atoms with Crippen molar-refractivity contribution in [3.8, 4) is 0 Å². The van der Waals surface area contributed by atoms with Gasteiger partial charge in [-0.2, -0.15) is 0 Å². The zero-order valence-electron chi connectivity index (χ0n) is 16.6. The van der Waals surface area contributed by atoms with Crippen LogP contribution in [0.5, 0.6) is 0 Å². The fraction of sp³-hybridized carbons (Fsp3) is 0.667. The number of hydrogen-bond acceptors (Lipinski definition) is 9. The van der Waals surface area contributed by atoms with Crippen molar-refractivity contribution in [2.45, 2.75) is 58.2 Å². The molecular weight excluding hydrogens is 388 g/mol. The molecule has 1 fully saturated rings. The molecule has 2 heterocycles. The van der Waals surface area contributed by atoms with E-state index in [1.807, 2.05) is 0 Å². The molecule has 11 heteroatoms. The Morgan fingerprint density at radius 2 is 2.03 bits per heavy atom. The number of H-pyrrole nitrogens is 1. The number of carbonyl (C=O) groups excluding carboxylic acids is 2. The number of Topliss-reactive ketones (excluding diaryl/α,β-unsaturated/α-hetero) is 1. The molecule has 0 aliphatic carbocycles. The van der Waals surface area contributed by atoms with Gasteiger partial charge in [-0.15, -0.1) is 0 Å². The van der Waals surface area contributed by atoms with Gasteiger partial charge in [-0.05, 0) is 20.8 Å². The molecule has 1 aliphatic heterocycles. The number of aryl methyl sites for hydroxylation is 1. The van der Waals surface area contributed by atoms with Gasteiger partial charge in [-0.3, -0.25) is 19.1 Å². The highest BCUT2D eigenvalue weighted by Crippen LogP contribution is 2.31. The molecule has 0 spiro atoms. The fourth-order valence-electron chi connectivity index (χ4n) is 2.77. The Morgan fingerprint density at radius 3 is 2.69 bits per heavy atom. The number of nitrogens with zero attached hydrogens (tertiary/aromatic N) is 1. The first-order valence-electron chi connectivity index (χ1n) is 9.24. The van der Waals surface area contributed by atoms with Crippen LogP contribution in [0.4, 0.5) is 0 Å². The molecule has 1 saturated heterocycles. The third kappa shape index (κ3) is 6.07. The van der Waals surface area contributed by atoms with Crippen LogP contribution in [0.3, 0.4) is 0 Å². The molecule has 29 heavy (non-hydrogen) atoms. The summed E-state index contributed by atoms with van der Waals surface area (Å²) in [5.74, 6) is -0.750. The molecule has 0 bridgehead atoms. The minimum atomic E-state index is -1.24. The maximum Gasteiger partial charge on any atom is 0.330 e. The third-order valence-corrected chi connectivity index (χ3v) is 4.37. The lowest BCUT2D eigenvalue weighted by Gasteiger charge is -2.22. The molecule has 162 valence electrons. The van der Waals surface area contributed by atoms with Crippen molar-refractivity contribution in [1.29, 1.82) is 0 Å². The van der Waals surface area contributed by atoms with Crippen LogP contribution in [0.1, 0.15) is 38.5 Å². The molecule has 0 saturated carbocycles. The maximum atomic E-state index is 12.2. The van der Waals surface area contributed by atoms with Gasteiger partial charge in [-0.25, -0.2) is 4.79 Å². The number of hydrogen-bond donors (Lipinski definition) is 2. The van der Waals surface area contributed by atoms with Gasteiger partial charge in [0, 0.05) is 24.8 Å². The van der Waals surface area contributed by atoms with Crippen LogP contribution in [-0.2, 0) is 28.5 Å². The number of aliphatic hydroxyl groups excluding tert-OH is 1. The lowest BCUT2D eigenvalue weighted by Crippen LogP contribution is -2.40. The lowest BCUT2D eigenvalue weighted by molar-refractivity contribution is -0.151. The minimum absolute atomic E-state index is 0.0572. The van der Waals surface area contributed by atoms with Crippen molar-refractivity contribution in [2.75, 3.05) is 20.0 Å². The van der Waals surface area contributed by atoms with E-state index >= 15 is 0 Å². The van der Waals surface area contributed by atoms with Crippen LogP contribution >= 0.6 is 0 Å². The van der Waals surface area contributed by atoms with E-state index in [-0.39, 0.29) is 37.6 Å². The Morgan fingerprint density at radius 1 is 1.31 bits per heavy atom. The number of rotatable bonds is 10. The summed E-state index contributed by atoms with van der Waals surface area (Å²) in [6.45, 7) is 4.58. The van der Waals surface area contributed by atoms with Crippen LogP contribution in [0.2, 0.25) is 0 Å². The van der Waals surface area contributed by atoms with Crippen LogP contribution in [-0.4, -0.2) is 64.7 Å². The van der Waals surface area contributed by atoms with Gasteiger partial charge >= 0.3 is 11.7 Å². The number of aliphatic hydroxyl groups is 1. The summed E-state index contributed by atoms with van der Waals surface area (Å²) < 4.78 is 22.6. The molecular formula is C18H26N2O9. The van der Waals surface area contributed by atoms with Crippen molar-refractivity contribution >= 4 is 11.8 Å². The highest BCUT2D eigenvalue weighted by molar-refractivity contribution is 5.80. The molecule has 0 amide bonds. The van der Waals surface area contributed by atoms with Crippen LogP contribution in [0.15, 0.2) is 15.8 Å². The first-order chi connectivity index (χ1) is 13.7. The second kappa shape index (κ2) is 10.4. The van der Waals surface area contributed by atoms with Gasteiger partial charge < -0.3 is 28.8 Å². The van der Waals surface area contributed by atoms with Gasteiger partial charge in [0.25, 0.3) is 5.56 Å². The largest absolute Gasteiger partial charge is 0.463 e. The highest BCUT2D eigenvalue weighted by Gasteiger charge is 2.46. The minimum Gasteiger partial charge on any atom is -0.463 e. The number of ether oxygens (including phenoxy) is 4. The number of aromatic nitrogens is 2. The van der Waals surface area contributed by atoms with Crippen molar-refractivity contribution < 1.29 is 33.6 Å². The van der Waals surface area contributed by atoms with Gasteiger partial charge in [-0.1, -0.05) is 0 Å². The summed E-state index contributed by atoms with van der Waals surface area (Å²) in [5.41, 5.74) is -1.00. The average molecular weight is 414 g/mol. The van der Waals surface area contributed by atoms with E-state index in [4.69, 9.17) is 18.9 Å². The fourth-order valence-corrected chi connectivity index (χ4v) is 2.77. The Kier molecular flexibility index (Phi) is 8.26. The Labute approximate surface area is 166 Å². The highest BCUT2D eigenvalue weighted by atomic mass is 16.7. The van der Waals surface area contributed by atoms with Gasteiger partial charge in [0.1, 0.15) is 37.5 Å². The summed E-state index contributed by atoms with van der Waals surface area (Å²) in [6.07, 6.45) is -3.02. The molecule has 0 unspecified atom stereocenters. The zero-order valence-corrected chi connectivity index (χ0v) is 16.6. The topological polar surface area (TPSA) is 146 Å². The van der Waals surface area contributed by atoms with Crippen molar-refractivity contribution in [3.05, 3.63) is 32.6 Å². The number of carbonyl (C=O) groups is 2. The van der Waals surface area contributed by atoms with Gasteiger partial charge in [0.05, 0.1) is 6.42 Å². The predicted octanol–water partition coefficient (Wildman–Crippen LogP) is -0.605. The third-order valence-electron chi connectivity index (χ3n) is 4.37. The Balaban J connectivity index is 2.15. The second-order valence-corrected chi connectivity index (χ2v) is 6.66. The molecule has 1 aromatic heterocycles. The number of ketones is 1. The predicted molar refractivity (Wildman–Crippen MR) is 98.2 cm³/mol. The second-order valence-electron chi connectivity index (χ2n) is 6.66. The number of nitrogens with one attached hydrogen (secondary N) is 1. The quantitative estimate of drug-likeness (QED) is 0.291. The van der Waals surface area contributed by atoms with Crippen LogP contribution < -0.4 is 11.2 Å². The van der Waals surface area contributed by atoms with Crippen molar-refractivity contribution in [2.24, 2.45) is 0 Å². The maximum absolute atomic E-state index is 12.2. The van der Waals surface area contributed by atoms with Crippen molar-refractivity contribution in [3.63, 3.8) is 0 Å². The molecule has 4 atom stereocenters. The zero-order chi connectivity index (χ0) is 21.6. The summed E-state index contributed by atoms with van der Waals surface area (Å²) in [7, 11) is 0. The number of aromatic amines is 1. The smallest absolute Gasteiger partial charge is 0.330 e. The van der Waals surface area contributed by atoms with E-state index in [9.17, 15) is 24.3 Å². The van der Waals surface area contributed by atoms with Gasteiger partial charge in [0.2, 0.25) is 0 Å². The van der Waals surface area contributed by atoms with E-state index in [1.54, 1.807) is 6.92 Å². The normalized spacial score (nSPS) is 23.9. The first kappa shape index (κ1) is 22.9. The summed E-state index contributed by atoms with van der Waals surface area (Å²) in [4.78, 5) is 48.7. The molecule has 0 radical (unpaired) electrons. The summed E-state index contributed by atoms with van der Waals surface area (Å²) >= 11 is 0.